The summed E-state index contributed by atoms with van der Waals surface area (Å²) in [4.78, 5) is 4.86. The molecule has 0 amide bonds. The van der Waals surface area contributed by atoms with E-state index in [9.17, 15) is 0 Å². The molecule has 0 bridgehead atoms. The first-order chi connectivity index (χ1) is 14.5. The van der Waals surface area contributed by atoms with Crippen LogP contribution < -0.4 is 14.2 Å². The van der Waals surface area contributed by atoms with Gasteiger partial charge in [0.25, 0.3) is 0 Å². The maximum absolute atomic E-state index is 6.08. The molecular formula is C23H24ClN3O3. The summed E-state index contributed by atoms with van der Waals surface area (Å²) in [5.74, 6) is 2.66. The van der Waals surface area contributed by atoms with Gasteiger partial charge in [0.15, 0.2) is 17.3 Å². The largest absolute Gasteiger partial charge is 0.493 e. The van der Waals surface area contributed by atoms with E-state index in [0.29, 0.717) is 22.3 Å². The third-order valence-electron chi connectivity index (χ3n) is 5.35. The van der Waals surface area contributed by atoms with Crippen LogP contribution in [0.25, 0.3) is 11.1 Å². The minimum absolute atomic E-state index is 0.0362. The Labute approximate surface area is 181 Å². The molecule has 6 nitrogen and oxygen atoms in total. The number of methoxy groups -OCH3 is 3. The highest BCUT2D eigenvalue weighted by atomic mass is 35.5. The number of hydrogen-bond acceptors (Lipinski definition) is 5. The van der Waals surface area contributed by atoms with Gasteiger partial charge in [-0.1, -0.05) is 23.7 Å². The minimum Gasteiger partial charge on any atom is -0.493 e. The number of nitrogens with zero attached hydrogens (tertiary/aromatic N) is 3. The fourth-order valence-electron chi connectivity index (χ4n) is 3.96. The van der Waals surface area contributed by atoms with E-state index in [4.69, 9.17) is 35.9 Å². The van der Waals surface area contributed by atoms with Crippen molar-refractivity contribution in [2.45, 2.75) is 26.3 Å². The van der Waals surface area contributed by atoms with Gasteiger partial charge in [0.05, 0.1) is 33.1 Å². The number of fused-ring (bicyclic) bond motifs is 1. The van der Waals surface area contributed by atoms with E-state index in [1.165, 1.54) is 0 Å². The van der Waals surface area contributed by atoms with E-state index in [0.717, 1.165) is 40.3 Å². The van der Waals surface area contributed by atoms with Gasteiger partial charge < -0.3 is 14.2 Å². The summed E-state index contributed by atoms with van der Waals surface area (Å²) in [5.41, 5.74) is 5.04. The lowest BCUT2D eigenvalue weighted by Crippen LogP contribution is -2.19. The van der Waals surface area contributed by atoms with Gasteiger partial charge >= 0.3 is 0 Å². The van der Waals surface area contributed by atoms with Crippen LogP contribution in [0, 0.1) is 6.92 Å². The molecule has 0 aliphatic carbocycles. The predicted molar refractivity (Wildman–Crippen MR) is 119 cm³/mol. The summed E-state index contributed by atoms with van der Waals surface area (Å²) in [6.45, 7) is 4.05. The molecule has 1 atom stereocenters. The lowest BCUT2D eigenvalue weighted by atomic mass is 9.98. The molecule has 30 heavy (non-hydrogen) atoms. The van der Waals surface area contributed by atoms with Crippen LogP contribution in [0.15, 0.2) is 41.4 Å². The van der Waals surface area contributed by atoms with E-state index in [1.807, 2.05) is 54.9 Å². The Balaban J connectivity index is 1.88. The quantitative estimate of drug-likeness (QED) is 0.532. The van der Waals surface area contributed by atoms with Gasteiger partial charge in [-0.05, 0) is 49.2 Å². The third kappa shape index (κ3) is 3.41. The summed E-state index contributed by atoms with van der Waals surface area (Å²) in [6, 6.07) is 11.7. The SMILES string of the molecule is COc1cc([C@@H]2CC(C)=Nc3c(-c4ccc(Cl)cc4)c(C)nn32)cc(OC)c1OC. The number of aliphatic imine (C=N–C) groups is 1. The van der Waals surface area contributed by atoms with E-state index in [2.05, 4.69) is 0 Å². The van der Waals surface area contributed by atoms with Gasteiger partial charge in [-0.15, -0.1) is 0 Å². The first-order valence-corrected chi connectivity index (χ1v) is 10.0. The Hall–Kier alpha value is -2.99. The minimum atomic E-state index is -0.0362. The van der Waals surface area contributed by atoms with Crippen molar-refractivity contribution in [2.24, 2.45) is 4.99 Å². The van der Waals surface area contributed by atoms with Crippen molar-refractivity contribution >= 4 is 23.1 Å². The monoisotopic (exact) mass is 425 g/mol. The summed E-state index contributed by atoms with van der Waals surface area (Å²) in [6.07, 6.45) is 0.743. The molecule has 4 rings (SSSR count). The van der Waals surface area contributed by atoms with E-state index >= 15 is 0 Å². The Morgan fingerprint density at radius 2 is 1.60 bits per heavy atom. The van der Waals surface area contributed by atoms with Crippen LogP contribution >= 0.6 is 11.6 Å². The van der Waals surface area contributed by atoms with Crippen molar-refractivity contribution < 1.29 is 14.2 Å². The summed E-state index contributed by atoms with van der Waals surface area (Å²) in [5, 5.41) is 5.56. The number of aromatic nitrogens is 2. The Kier molecular flexibility index (Phi) is 5.43. The second-order valence-corrected chi connectivity index (χ2v) is 7.70. The summed E-state index contributed by atoms with van der Waals surface area (Å²) in [7, 11) is 4.85. The lowest BCUT2D eigenvalue weighted by molar-refractivity contribution is 0.323. The van der Waals surface area contributed by atoms with Gasteiger partial charge in [0.1, 0.15) is 0 Å². The second kappa shape index (κ2) is 8.03. The maximum atomic E-state index is 6.08. The van der Waals surface area contributed by atoms with Crippen molar-refractivity contribution in [1.29, 1.82) is 0 Å². The zero-order valence-corrected chi connectivity index (χ0v) is 18.4. The van der Waals surface area contributed by atoms with Crippen molar-refractivity contribution in [3.63, 3.8) is 0 Å². The molecule has 0 N–H and O–H groups in total. The molecule has 2 aromatic carbocycles. The standard InChI is InChI=1S/C23H24ClN3O3/c1-13-10-18(16-11-19(28-3)22(30-5)20(12-16)29-4)27-23(25-13)21(14(2)26-27)15-6-8-17(24)9-7-15/h6-9,11-12,18H,10H2,1-5H3/t18-/m0/s1. The molecule has 0 saturated heterocycles. The molecule has 7 heteroatoms. The molecule has 3 aromatic rings. The number of benzene rings is 2. The zero-order valence-electron chi connectivity index (χ0n) is 17.7. The topological polar surface area (TPSA) is 57.9 Å². The first-order valence-electron chi connectivity index (χ1n) is 9.66. The molecule has 156 valence electrons. The van der Waals surface area contributed by atoms with Crippen LogP contribution in [-0.4, -0.2) is 36.8 Å². The van der Waals surface area contributed by atoms with Gasteiger partial charge in [-0.2, -0.15) is 5.10 Å². The number of halogens is 1. The maximum Gasteiger partial charge on any atom is 0.203 e. The molecular weight excluding hydrogens is 402 g/mol. The molecule has 0 unspecified atom stereocenters. The van der Waals surface area contributed by atoms with Gasteiger partial charge in [-0.25, -0.2) is 9.67 Å². The van der Waals surface area contributed by atoms with Crippen molar-refractivity contribution in [3.05, 3.63) is 52.7 Å². The number of hydrogen-bond donors (Lipinski definition) is 0. The molecule has 1 aromatic heterocycles. The number of ether oxygens (including phenoxy) is 3. The predicted octanol–water partition coefficient (Wildman–Crippen LogP) is 5.62. The van der Waals surface area contributed by atoms with Crippen LogP contribution in [0.2, 0.25) is 5.02 Å². The first kappa shape index (κ1) is 20.3. The normalized spacial score (nSPS) is 15.4. The van der Waals surface area contributed by atoms with Crippen LogP contribution in [0.4, 0.5) is 5.82 Å². The van der Waals surface area contributed by atoms with Crippen LogP contribution in [-0.2, 0) is 0 Å². The van der Waals surface area contributed by atoms with Crippen molar-refractivity contribution in [3.8, 4) is 28.4 Å². The van der Waals surface area contributed by atoms with Crippen LogP contribution in [0.3, 0.4) is 0 Å². The molecule has 0 spiro atoms. The fraction of sp³-hybridized carbons (Fsp3) is 0.304. The molecule has 1 aliphatic heterocycles. The van der Waals surface area contributed by atoms with Crippen molar-refractivity contribution in [2.75, 3.05) is 21.3 Å². The molecule has 0 fully saturated rings. The molecule has 1 aliphatic rings. The van der Waals surface area contributed by atoms with Crippen molar-refractivity contribution in [1.82, 2.24) is 9.78 Å². The van der Waals surface area contributed by atoms with Gasteiger partial charge in [-0.3, -0.25) is 0 Å². The molecule has 2 heterocycles. The van der Waals surface area contributed by atoms with Crippen LogP contribution in [0.5, 0.6) is 17.2 Å². The summed E-state index contributed by atoms with van der Waals surface area (Å²) < 4.78 is 18.6. The highest BCUT2D eigenvalue weighted by molar-refractivity contribution is 6.30. The average molecular weight is 426 g/mol. The van der Waals surface area contributed by atoms with E-state index in [1.54, 1.807) is 21.3 Å². The molecule has 0 radical (unpaired) electrons. The van der Waals surface area contributed by atoms with Crippen LogP contribution in [0.1, 0.15) is 30.6 Å². The summed E-state index contributed by atoms with van der Waals surface area (Å²) >= 11 is 6.08. The zero-order chi connectivity index (χ0) is 21.4. The van der Waals surface area contributed by atoms with Gasteiger partial charge in [0, 0.05) is 22.7 Å². The lowest BCUT2D eigenvalue weighted by Gasteiger charge is -2.25. The highest BCUT2D eigenvalue weighted by Crippen LogP contribution is 2.45. The second-order valence-electron chi connectivity index (χ2n) is 7.26. The number of aryl methyl sites for hydroxylation is 1. The Morgan fingerprint density at radius 3 is 2.17 bits per heavy atom. The molecule has 0 saturated carbocycles. The highest BCUT2D eigenvalue weighted by Gasteiger charge is 2.29. The van der Waals surface area contributed by atoms with E-state index < -0.39 is 0 Å². The Bertz CT molecular complexity index is 1090. The number of rotatable bonds is 5. The van der Waals surface area contributed by atoms with E-state index in [-0.39, 0.29) is 6.04 Å². The Morgan fingerprint density at radius 1 is 0.967 bits per heavy atom. The average Bonchev–Trinajstić information content (AvgIpc) is 3.08. The van der Waals surface area contributed by atoms with Gasteiger partial charge in [0.2, 0.25) is 5.75 Å². The smallest absolute Gasteiger partial charge is 0.203 e. The third-order valence-corrected chi connectivity index (χ3v) is 5.60. The fourth-order valence-corrected chi connectivity index (χ4v) is 4.09.